The van der Waals surface area contributed by atoms with Crippen LogP contribution < -0.4 is 5.32 Å². The normalized spacial score (nSPS) is 15.4. The summed E-state index contributed by atoms with van der Waals surface area (Å²) in [6, 6.07) is 18.9. The van der Waals surface area contributed by atoms with Gasteiger partial charge < -0.3 is 10.4 Å². The number of rotatable bonds is 4. The van der Waals surface area contributed by atoms with Gasteiger partial charge in [0.15, 0.2) is 0 Å². The number of fused-ring (bicyclic) bond motifs is 2. The zero-order valence-corrected chi connectivity index (χ0v) is 15.8. The van der Waals surface area contributed by atoms with Crippen molar-refractivity contribution in [3.8, 4) is 11.1 Å². The van der Waals surface area contributed by atoms with Gasteiger partial charge in [-0.05, 0) is 48.1 Å². The topological polar surface area (TPSA) is 92.4 Å². The van der Waals surface area contributed by atoms with Gasteiger partial charge in [-0.15, -0.1) is 5.10 Å². The number of carboxylic acids is 1. The van der Waals surface area contributed by atoms with E-state index < -0.39 is 5.97 Å². The van der Waals surface area contributed by atoms with Crippen molar-refractivity contribution < 1.29 is 9.90 Å². The van der Waals surface area contributed by atoms with E-state index in [-0.39, 0.29) is 17.6 Å². The van der Waals surface area contributed by atoms with Gasteiger partial charge >= 0.3 is 5.97 Å². The number of aryl methyl sites for hydroxylation is 2. The van der Waals surface area contributed by atoms with Crippen LogP contribution >= 0.6 is 0 Å². The van der Waals surface area contributed by atoms with Gasteiger partial charge in [0.25, 0.3) is 11.6 Å². The Labute approximate surface area is 167 Å². The molecule has 1 unspecified atom stereocenters. The fourth-order valence-electron chi connectivity index (χ4n) is 3.92. The van der Waals surface area contributed by atoms with E-state index in [0.717, 1.165) is 18.5 Å². The fourth-order valence-corrected chi connectivity index (χ4v) is 3.92. The van der Waals surface area contributed by atoms with E-state index >= 15 is 0 Å². The highest BCUT2D eigenvalue weighted by molar-refractivity contribution is 5.83. The summed E-state index contributed by atoms with van der Waals surface area (Å²) in [5.74, 6) is -0.459. The highest BCUT2D eigenvalue weighted by Crippen LogP contribution is 2.36. The summed E-state index contributed by atoms with van der Waals surface area (Å²) in [6.07, 6.45) is 1.95. The summed E-state index contributed by atoms with van der Waals surface area (Å²) < 4.78 is 1.47. The molecule has 1 aliphatic rings. The lowest BCUT2D eigenvalue weighted by Gasteiger charge is -2.17. The van der Waals surface area contributed by atoms with E-state index in [4.69, 9.17) is 0 Å². The smallest absolute Gasteiger partial charge is 0.375 e. The molecule has 0 saturated carbocycles. The van der Waals surface area contributed by atoms with Crippen molar-refractivity contribution >= 4 is 17.6 Å². The van der Waals surface area contributed by atoms with Crippen LogP contribution in [0.25, 0.3) is 16.9 Å². The summed E-state index contributed by atoms with van der Waals surface area (Å²) in [4.78, 5) is 19.6. The maximum absolute atomic E-state index is 11.3. The minimum absolute atomic E-state index is 0.108. The van der Waals surface area contributed by atoms with E-state index in [1.54, 1.807) is 0 Å². The van der Waals surface area contributed by atoms with Gasteiger partial charge in [-0.2, -0.15) is 9.50 Å². The van der Waals surface area contributed by atoms with Crippen LogP contribution in [0.15, 0.2) is 54.6 Å². The van der Waals surface area contributed by atoms with Crippen molar-refractivity contribution in [2.45, 2.75) is 25.8 Å². The van der Waals surface area contributed by atoms with Gasteiger partial charge in [0.05, 0.1) is 6.04 Å². The summed E-state index contributed by atoms with van der Waals surface area (Å²) in [5, 5.41) is 16.8. The largest absolute Gasteiger partial charge is 0.475 e. The highest BCUT2D eigenvalue weighted by Gasteiger charge is 2.24. The van der Waals surface area contributed by atoms with E-state index in [1.165, 1.54) is 26.8 Å². The van der Waals surface area contributed by atoms with Crippen LogP contribution in [0.1, 0.15) is 39.9 Å². The Morgan fingerprint density at radius 3 is 2.72 bits per heavy atom. The SMILES string of the molecule is Cc1cc(NC2CCc3ccc(-c4ccccc4)cc32)n2nc(C(=O)O)nc2n1. The molecule has 144 valence electrons. The molecule has 4 aromatic rings. The number of benzene rings is 2. The molecule has 0 fully saturated rings. The Morgan fingerprint density at radius 1 is 1.10 bits per heavy atom. The van der Waals surface area contributed by atoms with Gasteiger partial charge in [0, 0.05) is 11.8 Å². The number of anilines is 1. The second-order valence-electron chi connectivity index (χ2n) is 7.25. The van der Waals surface area contributed by atoms with Crippen molar-refractivity contribution in [3.05, 3.63) is 77.2 Å². The van der Waals surface area contributed by atoms with Crippen LogP contribution in [0.3, 0.4) is 0 Å². The maximum atomic E-state index is 11.3. The molecule has 0 saturated heterocycles. The van der Waals surface area contributed by atoms with Crippen LogP contribution in [0.5, 0.6) is 0 Å². The molecule has 7 nitrogen and oxygen atoms in total. The Kier molecular flexibility index (Phi) is 4.01. The lowest BCUT2D eigenvalue weighted by molar-refractivity contribution is 0.0684. The molecule has 1 atom stereocenters. The number of aromatic nitrogens is 4. The van der Waals surface area contributed by atoms with E-state index in [1.807, 2.05) is 31.2 Å². The standard InChI is InChI=1S/C22H19N5O2/c1-13-11-19(27-22(23-13)25-20(26-27)21(28)29)24-18-10-9-15-7-8-16(12-17(15)18)14-5-3-2-4-6-14/h2-8,11-12,18,24H,9-10H2,1H3,(H,28,29). The number of hydrogen-bond donors (Lipinski definition) is 2. The van der Waals surface area contributed by atoms with Crippen LogP contribution in [0.4, 0.5) is 5.82 Å². The van der Waals surface area contributed by atoms with Gasteiger partial charge in [-0.1, -0.05) is 42.5 Å². The molecular weight excluding hydrogens is 366 g/mol. The molecule has 2 aromatic heterocycles. The predicted octanol–water partition coefficient (Wildman–Crippen LogP) is 3.90. The fraction of sp³-hybridized carbons (Fsp3) is 0.182. The predicted molar refractivity (Wildman–Crippen MR) is 109 cm³/mol. The molecule has 0 amide bonds. The molecule has 7 heteroatoms. The second kappa shape index (κ2) is 6.70. The van der Waals surface area contributed by atoms with E-state index in [9.17, 15) is 9.90 Å². The highest BCUT2D eigenvalue weighted by atomic mass is 16.4. The van der Waals surface area contributed by atoms with Crippen molar-refractivity contribution in [2.24, 2.45) is 0 Å². The average molecular weight is 385 g/mol. The summed E-state index contributed by atoms with van der Waals surface area (Å²) >= 11 is 0. The first-order chi connectivity index (χ1) is 14.1. The summed E-state index contributed by atoms with van der Waals surface area (Å²) in [7, 11) is 0. The Morgan fingerprint density at radius 2 is 1.93 bits per heavy atom. The Hall–Kier alpha value is -3.74. The van der Waals surface area contributed by atoms with Gasteiger partial charge in [-0.25, -0.2) is 9.78 Å². The number of aromatic carboxylic acids is 1. The molecule has 5 rings (SSSR count). The summed E-state index contributed by atoms with van der Waals surface area (Å²) in [6.45, 7) is 1.86. The molecule has 2 heterocycles. The first-order valence-electron chi connectivity index (χ1n) is 9.51. The average Bonchev–Trinajstić information content (AvgIpc) is 3.33. The molecule has 29 heavy (non-hydrogen) atoms. The van der Waals surface area contributed by atoms with Crippen LogP contribution in [0.2, 0.25) is 0 Å². The lowest BCUT2D eigenvalue weighted by atomic mass is 9.99. The molecular formula is C22H19N5O2. The number of carboxylic acid groups (broad SMARTS) is 1. The molecule has 0 bridgehead atoms. The van der Waals surface area contributed by atoms with Crippen molar-refractivity contribution in [1.82, 2.24) is 19.6 Å². The Bertz CT molecular complexity index is 1230. The van der Waals surface area contributed by atoms with Crippen molar-refractivity contribution in [3.63, 3.8) is 0 Å². The van der Waals surface area contributed by atoms with E-state index in [0.29, 0.717) is 5.82 Å². The van der Waals surface area contributed by atoms with Crippen molar-refractivity contribution in [1.29, 1.82) is 0 Å². The number of nitrogens with zero attached hydrogens (tertiary/aromatic N) is 4. The minimum atomic E-state index is -1.17. The van der Waals surface area contributed by atoms with Crippen molar-refractivity contribution in [2.75, 3.05) is 5.32 Å². The third-order valence-electron chi connectivity index (χ3n) is 5.28. The number of hydrogen-bond acceptors (Lipinski definition) is 5. The van der Waals surface area contributed by atoms with Gasteiger partial charge in [0.2, 0.25) is 0 Å². The van der Waals surface area contributed by atoms with Crippen LogP contribution in [-0.2, 0) is 6.42 Å². The molecule has 0 spiro atoms. The van der Waals surface area contributed by atoms with Crippen LogP contribution in [-0.4, -0.2) is 30.7 Å². The molecule has 0 aliphatic heterocycles. The van der Waals surface area contributed by atoms with E-state index in [2.05, 4.69) is 50.7 Å². The first-order valence-corrected chi connectivity index (χ1v) is 9.51. The van der Waals surface area contributed by atoms with Crippen LogP contribution in [0, 0.1) is 6.92 Å². The monoisotopic (exact) mass is 385 g/mol. The zero-order valence-electron chi connectivity index (χ0n) is 15.8. The number of nitrogens with one attached hydrogen (secondary N) is 1. The third-order valence-corrected chi connectivity index (χ3v) is 5.28. The molecule has 1 aliphatic carbocycles. The second-order valence-corrected chi connectivity index (χ2v) is 7.25. The quantitative estimate of drug-likeness (QED) is 0.554. The molecule has 0 radical (unpaired) electrons. The third kappa shape index (κ3) is 3.10. The Balaban J connectivity index is 1.53. The number of carbonyl (C=O) groups is 1. The minimum Gasteiger partial charge on any atom is -0.475 e. The molecule has 2 aromatic carbocycles. The molecule has 2 N–H and O–H groups in total. The van der Waals surface area contributed by atoms with Gasteiger partial charge in [0.1, 0.15) is 5.82 Å². The first kappa shape index (κ1) is 17.4. The zero-order chi connectivity index (χ0) is 20.0. The maximum Gasteiger partial charge on any atom is 0.375 e. The summed E-state index contributed by atoms with van der Waals surface area (Å²) in [5.41, 5.74) is 5.70. The van der Waals surface area contributed by atoms with Gasteiger partial charge in [-0.3, -0.25) is 0 Å². The lowest BCUT2D eigenvalue weighted by Crippen LogP contribution is -2.12.